The lowest BCUT2D eigenvalue weighted by Crippen LogP contribution is -2.35. The molecule has 9 heteroatoms. The molecule has 1 aliphatic heterocycles. The fourth-order valence-corrected chi connectivity index (χ4v) is 3.58. The summed E-state index contributed by atoms with van der Waals surface area (Å²) in [6.07, 6.45) is 4.31. The summed E-state index contributed by atoms with van der Waals surface area (Å²) in [5, 5.41) is 14.5. The van der Waals surface area contributed by atoms with Crippen molar-refractivity contribution in [1.82, 2.24) is 29.6 Å². The molecule has 1 unspecified atom stereocenters. The number of carbonyl (C=O) groups excluding carboxylic acids is 1. The fourth-order valence-electron chi connectivity index (χ4n) is 3.58. The first-order valence-corrected chi connectivity index (χ1v) is 9.52. The molecule has 148 valence electrons. The van der Waals surface area contributed by atoms with Crippen LogP contribution in [0.1, 0.15) is 29.0 Å². The number of fused-ring (bicyclic) bond motifs is 2. The Kier molecular flexibility index (Phi) is 5.25. The van der Waals surface area contributed by atoms with Gasteiger partial charge in [-0.25, -0.2) is 4.98 Å². The highest BCUT2D eigenvalue weighted by atomic mass is 16.5. The van der Waals surface area contributed by atoms with Crippen LogP contribution in [0.5, 0.6) is 0 Å². The van der Waals surface area contributed by atoms with Crippen molar-refractivity contribution in [1.29, 1.82) is 0 Å². The van der Waals surface area contributed by atoms with Crippen molar-refractivity contribution in [2.75, 3.05) is 25.6 Å². The summed E-state index contributed by atoms with van der Waals surface area (Å²) < 4.78 is 9.10. The maximum atomic E-state index is 12.8. The van der Waals surface area contributed by atoms with Crippen LogP contribution in [0.3, 0.4) is 0 Å². The third kappa shape index (κ3) is 3.70. The third-order valence-electron chi connectivity index (χ3n) is 5.20. The molecule has 1 aromatic carbocycles. The summed E-state index contributed by atoms with van der Waals surface area (Å²) in [6.45, 7) is 2.10. The largest absolute Gasteiger partial charge is 0.383 e. The van der Waals surface area contributed by atoms with Gasteiger partial charge in [-0.15, -0.1) is 10.2 Å². The number of nitrogens with one attached hydrogen (secondary N) is 2. The molecule has 2 N–H and O–H groups in total. The molecule has 0 aliphatic carbocycles. The number of aryl methyl sites for hydroxylation is 3. The molecule has 1 amide bonds. The zero-order chi connectivity index (χ0) is 19.5. The van der Waals surface area contributed by atoms with Crippen LogP contribution in [-0.4, -0.2) is 56.5 Å². The van der Waals surface area contributed by atoms with Crippen LogP contribution in [0.25, 0.3) is 11.0 Å². The summed E-state index contributed by atoms with van der Waals surface area (Å²) in [4.78, 5) is 17.4. The van der Waals surface area contributed by atoms with Crippen LogP contribution in [0.15, 0.2) is 24.5 Å². The Morgan fingerprint density at radius 1 is 1.36 bits per heavy atom. The fraction of sp³-hybridized carbons (Fsp3) is 0.474. The zero-order valence-corrected chi connectivity index (χ0v) is 16.2. The lowest BCUT2D eigenvalue weighted by Gasteiger charge is -2.16. The smallest absolute Gasteiger partial charge is 0.251 e. The van der Waals surface area contributed by atoms with Crippen molar-refractivity contribution in [3.05, 3.63) is 35.9 Å². The SMILES string of the molecule is COCCNc1nc2cc(C(=O)NC3CCc4nncn4CC3)ccc2n1C. The van der Waals surface area contributed by atoms with E-state index in [0.29, 0.717) is 18.7 Å². The van der Waals surface area contributed by atoms with E-state index >= 15 is 0 Å². The summed E-state index contributed by atoms with van der Waals surface area (Å²) in [5.74, 6) is 1.68. The average Bonchev–Trinajstić information content (AvgIpc) is 3.22. The highest BCUT2D eigenvalue weighted by Gasteiger charge is 2.20. The minimum absolute atomic E-state index is 0.0656. The van der Waals surface area contributed by atoms with Crippen LogP contribution in [0, 0.1) is 0 Å². The van der Waals surface area contributed by atoms with Crippen molar-refractivity contribution in [3.8, 4) is 0 Å². The van der Waals surface area contributed by atoms with Crippen LogP contribution in [-0.2, 0) is 24.8 Å². The highest BCUT2D eigenvalue weighted by molar-refractivity contribution is 5.97. The first-order valence-electron chi connectivity index (χ1n) is 9.52. The number of amides is 1. The number of rotatable bonds is 6. The van der Waals surface area contributed by atoms with Crippen LogP contribution < -0.4 is 10.6 Å². The molecule has 1 aliphatic rings. The Hall–Kier alpha value is -2.94. The van der Waals surface area contributed by atoms with Crippen molar-refractivity contribution < 1.29 is 9.53 Å². The van der Waals surface area contributed by atoms with Gasteiger partial charge in [0.1, 0.15) is 12.2 Å². The molecule has 0 saturated heterocycles. The second-order valence-electron chi connectivity index (χ2n) is 7.06. The molecule has 0 fully saturated rings. The average molecular weight is 383 g/mol. The van der Waals surface area contributed by atoms with Gasteiger partial charge >= 0.3 is 0 Å². The first kappa shape index (κ1) is 18.4. The van der Waals surface area contributed by atoms with Crippen molar-refractivity contribution in [2.45, 2.75) is 31.8 Å². The number of benzene rings is 1. The van der Waals surface area contributed by atoms with Gasteiger partial charge in [0.15, 0.2) is 0 Å². The molecule has 0 bridgehead atoms. The van der Waals surface area contributed by atoms with E-state index in [4.69, 9.17) is 4.74 Å². The predicted molar refractivity (Wildman–Crippen MR) is 105 cm³/mol. The number of aromatic nitrogens is 5. The molecule has 1 atom stereocenters. The number of ether oxygens (including phenoxy) is 1. The van der Waals surface area contributed by atoms with Crippen LogP contribution >= 0.6 is 0 Å². The predicted octanol–water partition coefficient (Wildman–Crippen LogP) is 1.36. The Morgan fingerprint density at radius 2 is 2.25 bits per heavy atom. The Balaban J connectivity index is 1.44. The van der Waals surface area contributed by atoms with Gasteiger partial charge in [0.05, 0.1) is 17.6 Å². The Morgan fingerprint density at radius 3 is 3.11 bits per heavy atom. The molecule has 0 radical (unpaired) electrons. The topological polar surface area (TPSA) is 98.9 Å². The number of hydrogen-bond donors (Lipinski definition) is 2. The normalized spacial score (nSPS) is 16.6. The van der Waals surface area contributed by atoms with E-state index < -0.39 is 0 Å². The van der Waals surface area contributed by atoms with E-state index in [1.807, 2.05) is 29.8 Å². The molecule has 9 nitrogen and oxygen atoms in total. The Bertz CT molecular complexity index is 955. The van der Waals surface area contributed by atoms with Gasteiger partial charge in [-0.05, 0) is 31.0 Å². The van der Waals surface area contributed by atoms with Gasteiger partial charge in [-0.2, -0.15) is 0 Å². The Labute approximate surface area is 163 Å². The molecular formula is C19H25N7O2. The van der Waals surface area contributed by atoms with Crippen LogP contribution in [0.4, 0.5) is 5.95 Å². The van der Waals surface area contributed by atoms with Crippen molar-refractivity contribution in [3.63, 3.8) is 0 Å². The quantitative estimate of drug-likeness (QED) is 0.624. The van der Waals surface area contributed by atoms with Gasteiger partial charge < -0.3 is 24.5 Å². The minimum Gasteiger partial charge on any atom is -0.383 e. The van der Waals surface area contributed by atoms with E-state index in [0.717, 1.165) is 48.6 Å². The number of carbonyl (C=O) groups is 1. The molecule has 0 spiro atoms. The van der Waals surface area contributed by atoms with E-state index in [2.05, 4.69) is 30.4 Å². The molecule has 3 aromatic rings. The lowest BCUT2D eigenvalue weighted by molar-refractivity contribution is 0.0933. The third-order valence-corrected chi connectivity index (χ3v) is 5.20. The van der Waals surface area contributed by atoms with E-state index in [9.17, 15) is 4.79 Å². The van der Waals surface area contributed by atoms with E-state index in [1.54, 1.807) is 13.4 Å². The summed E-state index contributed by atoms with van der Waals surface area (Å²) >= 11 is 0. The number of hydrogen-bond acceptors (Lipinski definition) is 6. The minimum atomic E-state index is -0.0656. The summed E-state index contributed by atoms with van der Waals surface area (Å²) in [5.41, 5.74) is 2.39. The zero-order valence-electron chi connectivity index (χ0n) is 16.2. The van der Waals surface area contributed by atoms with Crippen molar-refractivity contribution >= 4 is 22.9 Å². The monoisotopic (exact) mass is 383 g/mol. The van der Waals surface area contributed by atoms with E-state index in [1.165, 1.54) is 0 Å². The van der Waals surface area contributed by atoms with Gasteiger partial charge in [-0.1, -0.05) is 0 Å². The van der Waals surface area contributed by atoms with Gasteiger partial charge in [0.25, 0.3) is 5.91 Å². The first-order chi connectivity index (χ1) is 13.7. The molecular weight excluding hydrogens is 358 g/mol. The number of methoxy groups -OCH3 is 1. The standard InChI is InChI=1S/C19H25N7O2/c1-25-16-5-3-13(11-15(16)23-19(25)20-8-10-28-2)18(27)22-14-4-6-17-24-21-12-26(17)9-7-14/h3,5,11-12,14H,4,6-10H2,1-2H3,(H,20,23)(H,22,27). The maximum Gasteiger partial charge on any atom is 0.251 e. The van der Waals surface area contributed by atoms with Gasteiger partial charge in [0, 0.05) is 45.3 Å². The van der Waals surface area contributed by atoms with Gasteiger partial charge in [0.2, 0.25) is 5.95 Å². The highest BCUT2D eigenvalue weighted by Crippen LogP contribution is 2.20. The second-order valence-corrected chi connectivity index (χ2v) is 7.06. The number of anilines is 1. The number of imidazole rings is 1. The van der Waals surface area contributed by atoms with Gasteiger partial charge in [-0.3, -0.25) is 4.79 Å². The van der Waals surface area contributed by atoms with Crippen LogP contribution in [0.2, 0.25) is 0 Å². The lowest BCUT2D eigenvalue weighted by atomic mass is 10.1. The second kappa shape index (κ2) is 7.97. The van der Waals surface area contributed by atoms with E-state index in [-0.39, 0.29) is 11.9 Å². The number of nitrogens with zero attached hydrogens (tertiary/aromatic N) is 5. The summed E-state index contributed by atoms with van der Waals surface area (Å²) in [6, 6.07) is 5.76. The maximum absolute atomic E-state index is 12.8. The molecule has 0 saturated carbocycles. The molecule has 4 rings (SSSR count). The molecule has 28 heavy (non-hydrogen) atoms. The van der Waals surface area contributed by atoms with Crippen molar-refractivity contribution in [2.24, 2.45) is 7.05 Å². The molecule has 2 aromatic heterocycles. The molecule has 3 heterocycles. The summed E-state index contributed by atoms with van der Waals surface area (Å²) in [7, 11) is 3.62.